The Balaban J connectivity index is 2.19. The normalized spacial score (nSPS) is 16.8. The van der Waals surface area contributed by atoms with Crippen LogP contribution in [0.15, 0.2) is 12.1 Å². The van der Waals surface area contributed by atoms with Gasteiger partial charge in [-0.25, -0.2) is 18.4 Å². The maximum Gasteiger partial charge on any atom is 0.340 e. The molecule has 130 valence electrons. The van der Waals surface area contributed by atoms with Gasteiger partial charge < -0.3 is 20.1 Å². The Hall–Kier alpha value is -2.71. The van der Waals surface area contributed by atoms with E-state index in [0.717, 1.165) is 0 Å². The molecule has 1 unspecified atom stereocenters. The monoisotopic (exact) mass is 342 g/mol. The second-order valence-electron chi connectivity index (χ2n) is 5.23. The molecule has 1 atom stereocenters. The fourth-order valence-electron chi connectivity index (χ4n) is 2.37. The summed E-state index contributed by atoms with van der Waals surface area (Å²) in [5, 5.41) is 11.2. The summed E-state index contributed by atoms with van der Waals surface area (Å²) in [5.41, 5.74) is -0.561. The molecule has 2 N–H and O–H groups in total. The van der Waals surface area contributed by atoms with Gasteiger partial charge in [0.25, 0.3) is 0 Å². The number of esters is 1. The Morgan fingerprint density at radius 3 is 2.58 bits per heavy atom. The van der Waals surface area contributed by atoms with Crippen molar-refractivity contribution in [1.29, 1.82) is 0 Å². The van der Waals surface area contributed by atoms with Gasteiger partial charge in [0, 0.05) is 19.2 Å². The Morgan fingerprint density at radius 1 is 1.33 bits per heavy atom. The molecule has 0 saturated carbocycles. The molecule has 2 amide bonds. The first kappa shape index (κ1) is 17.6. The molecule has 1 aromatic rings. The highest BCUT2D eigenvalue weighted by molar-refractivity contribution is 6.01. The number of ether oxygens (including phenoxy) is 1. The standard InChI is InChI=1S/C15H16F2N2O5/c1-2-24-14(22)9-5-10(16)11(17)6-12(9)18-15(23)19-4-3-8(7-19)13(20)21/h5-6,8H,2-4,7H2,1H3,(H,18,23)(H,20,21). The minimum absolute atomic E-state index is 0.000413. The molecule has 0 radical (unpaired) electrons. The first-order chi connectivity index (χ1) is 11.3. The van der Waals surface area contributed by atoms with Crippen LogP contribution in [0.25, 0.3) is 0 Å². The predicted octanol–water partition coefficient (Wildman–Crippen LogP) is 2.08. The molecular formula is C15H16F2N2O5. The number of nitrogens with zero attached hydrogens (tertiary/aromatic N) is 1. The van der Waals surface area contributed by atoms with E-state index >= 15 is 0 Å². The average molecular weight is 342 g/mol. The number of nitrogens with one attached hydrogen (secondary N) is 1. The number of urea groups is 1. The van der Waals surface area contributed by atoms with Gasteiger partial charge >= 0.3 is 18.0 Å². The molecule has 1 aromatic carbocycles. The molecule has 1 heterocycles. The van der Waals surface area contributed by atoms with Crippen molar-refractivity contribution in [1.82, 2.24) is 4.90 Å². The van der Waals surface area contributed by atoms with Crippen molar-refractivity contribution in [3.8, 4) is 0 Å². The van der Waals surface area contributed by atoms with Crippen molar-refractivity contribution < 1.29 is 33.0 Å². The van der Waals surface area contributed by atoms with Crippen LogP contribution in [0.3, 0.4) is 0 Å². The first-order valence-electron chi connectivity index (χ1n) is 7.28. The quantitative estimate of drug-likeness (QED) is 0.817. The largest absolute Gasteiger partial charge is 0.481 e. The molecule has 0 aliphatic carbocycles. The number of rotatable bonds is 4. The van der Waals surface area contributed by atoms with E-state index in [2.05, 4.69) is 5.32 Å². The minimum Gasteiger partial charge on any atom is -0.481 e. The second-order valence-corrected chi connectivity index (χ2v) is 5.23. The molecule has 0 aromatic heterocycles. The molecule has 24 heavy (non-hydrogen) atoms. The number of amides is 2. The van der Waals surface area contributed by atoms with Gasteiger partial charge in [-0.2, -0.15) is 0 Å². The number of anilines is 1. The fourth-order valence-corrected chi connectivity index (χ4v) is 2.37. The third-order valence-electron chi connectivity index (χ3n) is 3.62. The SMILES string of the molecule is CCOC(=O)c1cc(F)c(F)cc1NC(=O)N1CCC(C(=O)O)C1. The Kier molecular flexibility index (Phi) is 5.32. The highest BCUT2D eigenvalue weighted by Crippen LogP contribution is 2.23. The summed E-state index contributed by atoms with van der Waals surface area (Å²) in [6.45, 7) is 1.78. The van der Waals surface area contributed by atoms with Crippen LogP contribution in [0, 0.1) is 17.6 Å². The number of carbonyl (C=O) groups excluding carboxylic acids is 2. The Bertz CT molecular complexity index is 680. The van der Waals surface area contributed by atoms with Crippen molar-refractivity contribution in [2.75, 3.05) is 25.0 Å². The van der Waals surface area contributed by atoms with E-state index in [1.807, 2.05) is 0 Å². The lowest BCUT2D eigenvalue weighted by molar-refractivity contribution is -0.141. The first-order valence-corrected chi connectivity index (χ1v) is 7.28. The molecule has 1 fully saturated rings. The molecule has 0 bridgehead atoms. The summed E-state index contributed by atoms with van der Waals surface area (Å²) in [4.78, 5) is 36.1. The number of carbonyl (C=O) groups is 3. The highest BCUT2D eigenvalue weighted by atomic mass is 19.2. The van der Waals surface area contributed by atoms with Crippen molar-refractivity contribution in [3.05, 3.63) is 29.3 Å². The van der Waals surface area contributed by atoms with Crippen LogP contribution in [-0.2, 0) is 9.53 Å². The van der Waals surface area contributed by atoms with Crippen LogP contribution >= 0.6 is 0 Å². The number of carboxylic acid groups (broad SMARTS) is 1. The van der Waals surface area contributed by atoms with E-state index in [1.54, 1.807) is 6.92 Å². The number of hydrogen-bond donors (Lipinski definition) is 2. The number of hydrogen-bond acceptors (Lipinski definition) is 4. The summed E-state index contributed by atoms with van der Waals surface area (Å²) >= 11 is 0. The molecule has 2 rings (SSSR count). The number of halogens is 2. The van der Waals surface area contributed by atoms with Crippen molar-refractivity contribution in [2.24, 2.45) is 5.92 Å². The lowest BCUT2D eigenvalue weighted by Crippen LogP contribution is -2.34. The van der Waals surface area contributed by atoms with E-state index in [0.29, 0.717) is 18.6 Å². The predicted molar refractivity (Wildman–Crippen MR) is 78.6 cm³/mol. The molecule has 7 nitrogen and oxygen atoms in total. The average Bonchev–Trinajstić information content (AvgIpc) is 3.01. The van der Waals surface area contributed by atoms with Crippen LogP contribution < -0.4 is 5.32 Å². The highest BCUT2D eigenvalue weighted by Gasteiger charge is 2.31. The van der Waals surface area contributed by atoms with Gasteiger partial charge in [0.15, 0.2) is 11.6 Å². The lowest BCUT2D eigenvalue weighted by atomic mass is 10.1. The van der Waals surface area contributed by atoms with Crippen LogP contribution in [0.2, 0.25) is 0 Å². The second kappa shape index (κ2) is 7.24. The third-order valence-corrected chi connectivity index (χ3v) is 3.62. The van der Waals surface area contributed by atoms with Crippen molar-refractivity contribution in [3.63, 3.8) is 0 Å². The van der Waals surface area contributed by atoms with E-state index < -0.39 is 35.5 Å². The summed E-state index contributed by atoms with van der Waals surface area (Å²) < 4.78 is 31.5. The zero-order valence-corrected chi connectivity index (χ0v) is 12.8. The van der Waals surface area contributed by atoms with Gasteiger partial charge in [0.2, 0.25) is 0 Å². The number of likely N-dealkylation sites (tertiary alicyclic amines) is 1. The summed E-state index contributed by atoms with van der Waals surface area (Å²) in [5.74, 6) is -5.07. The maximum absolute atomic E-state index is 13.4. The van der Waals surface area contributed by atoms with E-state index in [4.69, 9.17) is 9.84 Å². The summed E-state index contributed by atoms with van der Waals surface area (Å²) in [6.07, 6.45) is 0.297. The zero-order chi connectivity index (χ0) is 17.9. The Morgan fingerprint density at radius 2 is 2.00 bits per heavy atom. The van der Waals surface area contributed by atoms with Crippen molar-refractivity contribution in [2.45, 2.75) is 13.3 Å². The smallest absolute Gasteiger partial charge is 0.340 e. The third kappa shape index (κ3) is 3.79. The van der Waals surface area contributed by atoms with E-state index in [9.17, 15) is 23.2 Å². The minimum atomic E-state index is -1.25. The summed E-state index contributed by atoms with van der Waals surface area (Å²) in [6, 6.07) is 0.632. The molecular weight excluding hydrogens is 326 g/mol. The molecule has 9 heteroatoms. The molecule has 0 spiro atoms. The van der Waals surface area contributed by atoms with Crippen molar-refractivity contribution >= 4 is 23.7 Å². The van der Waals surface area contributed by atoms with E-state index in [1.165, 1.54) is 4.90 Å². The topological polar surface area (TPSA) is 95.9 Å². The molecule has 1 aliphatic heterocycles. The van der Waals surface area contributed by atoms with Gasteiger partial charge in [0.1, 0.15) is 0 Å². The van der Waals surface area contributed by atoms with Gasteiger partial charge in [-0.3, -0.25) is 4.79 Å². The van der Waals surface area contributed by atoms with Crippen LogP contribution in [0.1, 0.15) is 23.7 Å². The lowest BCUT2D eigenvalue weighted by Gasteiger charge is -2.18. The van der Waals surface area contributed by atoms with Crippen LogP contribution in [-0.4, -0.2) is 47.7 Å². The zero-order valence-electron chi connectivity index (χ0n) is 12.8. The number of benzene rings is 1. The maximum atomic E-state index is 13.4. The fraction of sp³-hybridized carbons (Fsp3) is 0.400. The van der Waals surface area contributed by atoms with Gasteiger partial charge in [0.05, 0.1) is 23.8 Å². The van der Waals surface area contributed by atoms with E-state index in [-0.39, 0.29) is 30.9 Å². The summed E-state index contributed by atoms with van der Waals surface area (Å²) in [7, 11) is 0. The van der Waals surface area contributed by atoms with Gasteiger partial charge in [-0.1, -0.05) is 0 Å². The van der Waals surface area contributed by atoms with Gasteiger partial charge in [-0.05, 0) is 19.4 Å². The van der Waals surface area contributed by atoms with Crippen LogP contribution in [0.4, 0.5) is 19.3 Å². The van der Waals surface area contributed by atoms with Crippen LogP contribution in [0.5, 0.6) is 0 Å². The van der Waals surface area contributed by atoms with Gasteiger partial charge in [-0.15, -0.1) is 0 Å². The number of aliphatic carboxylic acids is 1. The molecule has 1 saturated heterocycles. The number of carboxylic acids is 1. The molecule has 1 aliphatic rings. The Labute approximate surface area is 136 Å².